The van der Waals surface area contributed by atoms with Crippen molar-refractivity contribution < 1.29 is 9.90 Å². The lowest BCUT2D eigenvalue weighted by Crippen LogP contribution is -2.09. The summed E-state index contributed by atoms with van der Waals surface area (Å²) in [7, 11) is 0. The molecular formula is C11H16N2O2. The van der Waals surface area contributed by atoms with Gasteiger partial charge in [0.05, 0.1) is 0 Å². The number of carboxylic acids is 1. The molecule has 0 spiro atoms. The largest absolute Gasteiger partial charge is 0.481 e. The second-order valence-corrected chi connectivity index (χ2v) is 4.27. The first-order valence-electron chi connectivity index (χ1n) is 5.46. The van der Waals surface area contributed by atoms with Crippen LogP contribution in [0.5, 0.6) is 0 Å². The molecule has 1 aromatic rings. The van der Waals surface area contributed by atoms with E-state index in [1.807, 2.05) is 0 Å². The fourth-order valence-corrected chi connectivity index (χ4v) is 2.13. The maximum absolute atomic E-state index is 10.8. The van der Waals surface area contributed by atoms with Crippen molar-refractivity contribution in [2.75, 3.05) is 0 Å². The van der Waals surface area contributed by atoms with E-state index in [1.165, 1.54) is 25.7 Å². The Kier molecular flexibility index (Phi) is 2.75. The molecule has 0 amide bonds. The van der Waals surface area contributed by atoms with Gasteiger partial charge in [0.1, 0.15) is 11.7 Å². The molecule has 4 nitrogen and oxygen atoms in total. The number of nitrogens with zero attached hydrogens (tertiary/aromatic N) is 1. The molecule has 0 aromatic carbocycles. The molecule has 1 atom stereocenters. The first kappa shape index (κ1) is 10.2. The quantitative estimate of drug-likeness (QED) is 0.800. The maximum atomic E-state index is 10.8. The Morgan fingerprint density at radius 1 is 1.60 bits per heavy atom. The molecular weight excluding hydrogens is 192 g/mol. The summed E-state index contributed by atoms with van der Waals surface area (Å²) in [6, 6.07) is 0. The first-order valence-corrected chi connectivity index (χ1v) is 5.46. The van der Waals surface area contributed by atoms with Gasteiger partial charge < -0.3 is 10.1 Å². The zero-order chi connectivity index (χ0) is 10.8. The van der Waals surface area contributed by atoms with Crippen molar-refractivity contribution in [1.29, 1.82) is 0 Å². The number of aromatic amines is 1. The van der Waals surface area contributed by atoms with Gasteiger partial charge in [0.2, 0.25) is 0 Å². The summed E-state index contributed by atoms with van der Waals surface area (Å²) < 4.78 is 0. The number of carbonyl (C=O) groups is 1. The van der Waals surface area contributed by atoms with Gasteiger partial charge >= 0.3 is 5.97 Å². The Bertz CT molecular complexity index is 353. The van der Waals surface area contributed by atoms with E-state index in [1.54, 1.807) is 13.1 Å². The first-order chi connectivity index (χ1) is 7.18. The number of aromatic nitrogens is 2. The summed E-state index contributed by atoms with van der Waals surface area (Å²) in [6.45, 7) is 1.65. The topological polar surface area (TPSA) is 66.0 Å². The molecule has 4 heteroatoms. The monoisotopic (exact) mass is 208 g/mol. The van der Waals surface area contributed by atoms with Gasteiger partial charge in [0.25, 0.3) is 0 Å². The van der Waals surface area contributed by atoms with Crippen molar-refractivity contribution in [2.45, 2.75) is 44.4 Å². The third kappa shape index (κ3) is 2.03. The number of H-pyrrole nitrogens is 1. The molecule has 1 unspecified atom stereocenters. The van der Waals surface area contributed by atoms with Gasteiger partial charge in [-0.25, -0.2) is 4.98 Å². The predicted molar refractivity (Wildman–Crippen MR) is 55.8 cm³/mol. The fourth-order valence-electron chi connectivity index (χ4n) is 2.13. The molecule has 2 N–H and O–H groups in total. The molecule has 0 saturated heterocycles. The van der Waals surface area contributed by atoms with Crippen molar-refractivity contribution in [3.8, 4) is 0 Å². The number of hydrogen-bond acceptors (Lipinski definition) is 2. The molecule has 1 aliphatic rings. The second-order valence-electron chi connectivity index (χ2n) is 4.27. The van der Waals surface area contributed by atoms with E-state index in [0.29, 0.717) is 11.7 Å². The van der Waals surface area contributed by atoms with E-state index in [9.17, 15) is 4.79 Å². The van der Waals surface area contributed by atoms with Gasteiger partial charge in [-0.2, -0.15) is 0 Å². The summed E-state index contributed by atoms with van der Waals surface area (Å²) in [6.07, 6.45) is 6.73. The number of aliphatic carboxylic acids is 1. The number of rotatable bonds is 3. The van der Waals surface area contributed by atoms with Gasteiger partial charge in [-0.15, -0.1) is 0 Å². The minimum absolute atomic E-state index is 0.542. The van der Waals surface area contributed by atoms with Crippen molar-refractivity contribution in [1.82, 2.24) is 9.97 Å². The molecule has 1 aromatic heterocycles. The zero-order valence-electron chi connectivity index (χ0n) is 8.86. The van der Waals surface area contributed by atoms with Gasteiger partial charge in [-0.3, -0.25) is 4.79 Å². The smallest absolute Gasteiger partial charge is 0.313 e. The average Bonchev–Trinajstić information content (AvgIpc) is 2.86. The van der Waals surface area contributed by atoms with E-state index in [-0.39, 0.29) is 0 Å². The molecule has 0 aliphatic heterocycles. The van der Waals surface area contributed by atoms with Crippen LogP contribution in [0.2, 0.25) is 0 Å². The minimum atomic E-state index is -0.831. The summed E-state index contributed by atoms with van der Waals surface area (Å²) in [5, 5.41) is 8.85. The van der Waals surface area contributed by atoms with Crippen LogP contribution in [0.4, 0.5) is 0 Å². The highest BCUT2D eigenvalue weighted by Crippen LogP contribution is 2.33. The zero-order valence-corrected chi connectivity index (χ0v) is 8.86. The van der Waals surface area contributed by atoms with E-state index in [2.05, 4.69) is 9.97 Å². The van der Waals surface area contributed by atoms with E-state index in [4.69, 9.17) is 5.11 Å². The molecule has 0 radical (unpaired) electrons. The molecule has 82 valence electrons. The molecule has 0 bridgehead atoms. The fraction of sp³-hybridized carbons (Fsp3) is 0.636. The Balaban J connectivity index is 2.12. The van der Waals surface area contributed by atoms with E-state index in [0.717, 1.165) is 5.69 Å². The number of imidazole rings is 1. The van der Waals surface area contributed by atoms with Crippen LogP contribution in [0.25, 0.3) is 0 Å². The van der Waals surface area contributed by atoms with Gasteiger partial charge in [-0.05, 0) is 19.8 Å². The summed E-state index contributed by atoms with van der Waals surface area (Å²) in [5.41, 5.74) is 1.11. The average molecular weight is 208 g/mol. The third-order valence-electron chi connectivity index (χ3n) is 3.19. The standard InChI is InChI=1S/C11H16N2O2/c1-7(11(14)15)10-12-6-9(13-10)8-4-2-3-5-8/h6-8H,2-5H2,1H3,(H,12,13)(H,14,15). The van der Waals surface area contributed by atoms with Gasteiger partial charge in [0.15, 0.2) is 0 Å². The molecule has 1 saturated carbocycles. The minimum Gasteiger partial charge on any atom is -0.481 e. The molecule has 1 heterocycles. The van der Waals surface area contributed by atoms with Crippen LogP contribution in [-0.4, -0.2) is 21.0 Å². The highest BCUT2D eigenvalue weighted by atomic mass is 16.4. The highest BCUT2D eigenvalue weighted by molar-refractivity contribution is 5.74. The van der Waals surface area contributed by atoms with Crippen LogP contribution in [-0.2, 0) is 4.79 Å². The molecule has 1 aliphatic carbocycles. The van der Waals surface area contributed by atoms with Gasteiger partial charge in [-0.1, -0.05) is 12.8 Å². The highest BCUT2D eigenvalue weighted by Gasteiger charge is 2.22. The van der Waals surface area contributed by atoms with Crippen LogP contribution in [0.15, 0.2) is 6.20 Å². The number of nitrogens with one attached hydrogen (secondary N) is 1. The van der Waals surface area contributed by atoms with Crippen LogP contribution < -0.4 is 0 Å². The number of hydrogen-bond donors (Lipinski definition) is 2. The lowest BCUT2D eigenvalue weighted by Gasteiger charge is -2.05. The SMILES string of the molecule is CC(C(=O)O)c1ncc(C2CCCC2)[nH]1. The van der Waals surface area contributed by atoms with Crippen LogP contribution >= 0.6 is 0 Å². The van der Waals surface area contributed by atoms with Crippen molar-refractivity contribution in [3.63, 3.8) is 0 Å². The lowest BCUT2D eigenvalue weighted by atomic mass is 10.1. The normalized spacial score (nSPS) is 19.3. The number of carboxylic acid groups (broad SMARTS) is 1. The maximum Gasteiger partial charge on any atom is 0.313 e. The molecule has 2 rings (SSSR count). The summed E-state index contributed by atoms with van der Waals surface area (Å²) >= 11 is 0. The predicted octanol–water partition coefficient (Wildman–Crippen LogP) is 2.26. The van der Waals surface area contributed by atoms with Crippen molar-refractivity contribution >= 4 is 5.97 Å². The Hall–Kier alpha value is -1.32. The van der Waals surface area contributed by atoms with Crippen molar-refractivity contribution in [2.24, 2.45) is 0 Å². The Morgan fingerprint density at radius 3 is 2.87 bits per heavy atom. The van der Waals surface area contributed by atoms with Crippen LogP contribution in [0.1, 0.15) is 56.0 Å². The van der Waals surface area contributed by atoms with Crippen LogP contribution in [0.3, 0.4) is 0 Å². The second kappa shape index (κ2) is 4.04. The van der Waals surface area contributed by atoms with Crippen LogP contribution in [0, 0.1) is 0 Å². The van der Waals surface area contributed by atoms with Crippen molar-refractivity contribution in [3.05, 3.63) is 17.7 Å². The van der Waals surface area contributed by atoms with E-state index >= 15 is 0 Å². The summed E-state index contributed by atoms with van der Waals surface area (Å²) in [4.78, 5) is 18.1. The molecule has 1 fully saturated rings. The van der Waals surface area contributed by atoms with E-state index < -0.39 is 11.9 Å². The lowest BCUT2D eigenvalue weighted by molar-refractivity contribution is -0.138. The van der Waals surface area contributed by atoms with Gasteiger partial charge in [0, 0.05) is 17.8 Å². The third-order valence-corrected chi connectivity index (χ3v) is 3.19. The Labute approximate surface area is 88.7 Å². The Morgan fingerprint density at radius 2 is 2.27 bits per heavy atom. The summed E-state index contributed by atoms with van der Waals surface area (Å²) in [5.74, 6) is -0.237. The molecule has 15 heavy (non-hydrogen) atoms.